The third-order valence-corrected chi connectivity index (χ3v) is 8.51. The molecule has 3 heterocycles. The van der Waals surface area contributed by atoms with Crippen molar-refractivity contribution in [3.8, 4) is 10.6 Å². The molecule has 0 bridgehead atoms. The topological polar surface area (TPSA) is 66.0 Å². The van der Waals surface area contributed by atoms with Gasteiger partial charge >= 0.3 is 0 Å². The average molecular weight is 451 g/mol. The van der Waals surface area contributed by atoms with Crippen molar-refractivity contribution in [2.45, 2.75) is 39.5 Å². The van der Waals surface area contributed by atoms with Crippen LogP contribution in [0.2, 0.25) is 0 Å². The Morgan fingerprint density at radius 1 is 1.03 bits per heavy atom. The van der Waals surface area contributed by atoms with Crippen molar-refractivity contribution in [1.29, 1.82) is 0 Å². The van der Waals surface area contributed by atoms with Crippen LogP contribution in [-0.2, 0) is 21.5 Å². The first-order chi connectivity index (χ1) is 14.3. The Bertz CT molecular complexity index is 943. The van der Waals surface area contributed by atoms with Gasteiger partial charge in [0.2, 0.25) is 0 Å². The predicted octanol–water partition coefficient (Wildman–Crippen LogP) is 2.59. The molecule has 0 N–H and O–H groups in total. The summed E-state index contributed by atoms with van der Waals surface area (Å²) < 4.78 is 35.0. The third-order valence-electron chi connectivity index (χ3n) is 5.61. The Kier molecular flexibility index (Phi) is 6.57. The number of thiazole rings is 1. The van der Waals surface area contributed by atoms with E-state index in [0.29, 0.717) is 39.3 Å². The van der Waals surface area contributed by atoms with Crippen molar-refractivity contribution in [3.63, 3.8) is 0 Å². The number of nitrogens with zero attached hydrogens (tertiary/aromatic N) is 4. The molecule has 2 aromatic rings. The highest BCUT2D eigenvalue weighted by Gasteiger charge is 2.36. The number of benzene rings is 1. The van der Waals surface area contributed by atoms with Gasteiger partial charge in [0.15, 0.2) is 0 Å². The lowest BCUT2D eigenvalue weighted by Gasteiger charge is -2.40. The van der Waals surface area contributed by atoms with Crippen molar-refractivity contribution in [2.24, 2.45) is 0 Å². The Morgan fingerprint density at radius 3 is 2.30 bits per heavy atom. The van der Waals surface area contributed by atoms with Crippen LogP contribution in [0.1, 0.15) is 25.1 Å². The standard InChI is InChI=1S/C21H30N4O3S2/c1-16-4-6-19(7-5-16)21-22-20(15-29-21)14-23-8-10-24(11-9-23)30(26,27)25-12-17(2)28-18(3)13-25/h4-7,15,17-18H,8-14H2,1-3H3. The fourth-order valence-corrected chi connectivity index (χ4v) is 6.60. The molecule has 1 aromatic carbocycles. The Hall–Kier alpha value is -1.36. The third kappa shape index (κ3) is 4.92. The van der Waals surface area contributed by atoms with Crippen LogP contribution in [0.25, 0.3) is 10.6 Å². The summed E-state index contributed by atoms with van der Waals surface area (Å²) in [6, 6.07) is 8.42. The fourth-order valence-electron chi connectivity index (χ4n) is 4.04. The summed E-state index contributed by atoms with van der Waals surface area (Å²) in [6.45, 7) is 9.98. The molecular formula is C21H30N4O3S2. The maximum Gasteiger partial charge on any atom is 0.282 e. The quantitative estimate of drug-likeness (QED) is 0.701. The zero-order valence-electron chi connectivity index (χ0n) is 17.8. The van der Waals surface area contributed by atoms with E-state index in [9.17, 15) is 8.42 Å². The zero-order valence-corrected chi connectivity index (χ0v) is 19.5. The van der Waals surface area contributed by atoms with E-state index in [1.165, 1.54) is 5.56 Å². The number of piperazine rings is 1. The molecule has 164 valence electrons. The van der Waals surface area contributed by atoms with Gasteiger partial charge in [0.1, 0.15) is 5.01 Å². The van der Waals surface area contributed by atoms with Crippen LogP contribution in [0, 0.1) is 6.92 Å². The maximum absolute atomic E-state index is 13.0. The average Bonchev–Trinajstić information content (AvgIpc) is 3.16. The number of hydrogen-bond acceptors (Lipinski definition) is 6. The molecule has 2 atom stereocenters. The normalized spacial score (nSPS) is 24.9. The van der Waals surface area contributed by atoms with Crippen LogP contribution < -0.4 is 0 Å². The van der Waals surface area contributed by atoms with Gasteiger partial charge in [-0.2, -0.15) is 17.0 Å². The van der Waals surface area contributed by atoms with Gasteiger partial charge in [-0.05, 0) is 20.8 Å². The summed E-state index contributed by atoms with van der Waals surface area (Å²) in [5, 5.41) is 3.14. The lowest BCUT2D eigenvalue weighted by atomic mass is 10.2. The summed E-state index contributed by atoms with van der Waals surface area (Å²) in [6.07, 6.45) is -0.144. The first kappa shape index (κ1) is 21.9. The minimum absolute atomic E-state index is 0.0720. The lowest BCUT2D eigenvalue weighted by Crippen LogP contribution is -2.57. The van der Waals surface area contributed by atoms with Gasteiger partial charge in [0.25, 0.3) is 10.2 Å². The lowest BCUT2D eigenvalue weighted by molar-refractivity contribution is -0.0457. The zero-order chi connectivity index (χ0) is 21.3. The molecule has 7 nitrogen and oxygen atoms in total. The number of morpholine rings is 1. The van der Waals surface area contributed by atoms with Crippen molar-refractivity contribution in [2.75, 3.05) is 39.3 Å². The number of aryl methyl sites for hydroxylation is 1. The number of ether oxygens (including phenoxy) is 1. The van der Waals surface area contributed by atoms with Crippen molar-refractivity contribution in [3.05, 3.63) is 40.9 Å². The molecule has 4 rings (SSSR count). The van der Waals surface area contributed by atoms with Crippen molar-refractivity contribution >= 4 is 21.5 Å². The molecule has 2 aliphatic rings. The molecular weight excluding hydrogens is 420 g/mol. The van der Waals surface area contributed by atoms with Gasteiger partial charge in [0, 0.05) is 56.8 Å². The molecule has 0 saturated carbocycles. The molecule has 2 unspecified atom stereocenters. The highest BCUT2D eigenvalue weighted by molar-refractivity contribution is 7.86. The number of hydrogen-bond donors (Lipinski definition) is 0. The highest BCUT2D eigenvalue weighted by atomic mass is 32.2. The predicted molar refractivity (Wildman–Crippen MR) is 120 cm³/mol. The number of rotatable bonds is 5. The second-order valence-electron chi connectivity index (χ2n) is 8.27. The van der Waals surface area contributed by atoms with E-state index in [1.807, 2.05) is 13.8 Å². The van der Waals surface area contributed by atoms with Gasteiger partial charge < -0.3 is 4.74 Å². The van der Waals surface area contributed by atoms with Crippen LogP contribution in [0.15, 0.2) is 29.6 Å². The Labute approximate surface area is 183 Å². The molecule has 0 radical (unpaired) electrons. The van der Waals surface area contributed by atoms with E-state index in [1.54, 1.807) is 19.9 Å². The van der Waals surface area contributed by atoms with E-state index in [4.69, 9.17) is 9.72 Å². The summed E-state index contributed by atoms with van der Waals surface area (Å²) in [7, 11) is -3.44. The fraction of sp³-hybridized carbons (Fsp3) is 0.571. The Morgan fingerprint density at radius 2 is 1.67 bits per heavy atom. The van der Waals surface area contributed by atoms with E-state index in [2.05, 4.69) is 41.5 Å². The first-order valence-electron chi connectivity index (χ1n) is 10.5. The van der Waals surface area contributed by atoms with E-state index >= 15 is 0 Å². The molecule has 2 fully saturated rings. The van der Waals surface area contributed by atoms with E-state index in [-0.39, 0.29) is 12.2 Å². The van der Waals surface area contributed by atoms with Crippen LogP contribution in [0.5, 0.6) is 0 Å². The van der Waals surface area contributed by atoms with E-state index < -0.39 is 10.2 Å². The molecule has 9 heteroatoms. The van der Waals surface area contributed by atoms with Gasteiger partial charge in [-0.15, -0.1) is 11.3 Å². The number of aromatic nitrogens is 1. The highest BCUT2D eigenvalue weighted by Crippen LogP contribution is 2.25. The van der Waals surface area contributed by atoms with Gasteiger partial charge in [-0.3, -0.25) is 4.90 Å². The van der Waals surface area contributed by atoms with Gasteiger partial charge in [-0.25, -0.2) is 4.98 Å². The van der Waals surface area contributed by atoms with Crippen LogP contribution in [0.4, 0.5) is 0 Å². The molecule has 2 saturated heterocycles. The minimum atomic E-state index is -3.44. The summed E-state index contributed by atoms with van der Waals surface area (Å²) >= 11 is 1.66. The van der Waals surface area contributed by atoms with Crippen molar-refractivity contribution in [1.82, 2.24) is 18.5 Å². The molecule has 2 aliphatic heterocycles. The second-order valence-corrected chi connectivity index (χ2v) is 11.1. The Balaban J connectivity index is 1.33. The van der Waals surface area contributed by atoms with Crippen LogP contribution in [-0.4, -0.2) is 78.4 Å². The van der Waals surface area contributed by atoms with Crippen LogP contribution >= 0.6 is 11.3 Å². The molecule has 0 spiro atoms. The smallest absolute Gasteiger partial charge is 0.282 e. The summed E-state index contributed by atoms with van der Waals surface area (Å²) in [4.78, 5) is 7.07. The van der Waals surface area contributed by atoms with E-state index in [0.717, 1.165) is 22.8 Å². The largest absolute Gasteiger partial charge is 0.373 e. The van der Waals surface area contributed by atoms with Gasteiger partial charge in [-0.1, -0.05) is 29.8 Å². The SMILES string of the molecule is Cc1ccc(-c2nc(CN3CCN(S(=O)(=O)N4CC(C)OC(C)C4)CC3)cs2)cc1. The molecule has 0 aliphatic carbocycles. The maximum atomic E-state index is 13.0. The summed E-state index contributed by atoms with van der Waals surface area (Å²) in [5.41, 5.74) is 3.42. The van der Waals surface area contributed by atoms with Crippen LogP contribution in [0.3, 0.4) is 0 Å². The van der Waals surface area contributed by atoms with Crippen molar-refractivity contribution < 1.29 is 13.2 Å². The molecule has 1 aromatic heterocycles. The summed E-state index contributed by atoms with van der Waals surface area (Å²) in [5.74, 6) is 0. The molecule has 30 heavy (non-hydrogen) atoms. The monoisotopic (exact) mass is 450 g/mol. The second kappa shape index (κ2) is 9.02. The van der Waals surface area contributed by atoms with Gasteiger partial charge in [0.05, 0.1) is 17.9 Å². The molecule has 0 amide bonds. The first-order valence-corrected chi connectivity index (χ1v) is 12.7. The minimum Gasteiger partial charge on any atom is -0.373 e.